The Balaban J connectivity index is 1.99. The molecule has 0 saturated heterocycles. The van der Waals surface area contributed by atoms with E-state index in [1.54, 1.807) is 12.1 Å². The number of ether oxygens (including phenoxy) is 1. The molecule has 3 rings (SSSR count). The number of anilines is 3. The van der Waals surface area contributed by atoms with E-state index in [-0.39, 0.29) is 0 Å². The number of carbonyl (C=O) groups is 1. The highest BCUT2D eigenvalue weighted by molar-refractivity contribution is 5.83. The van der Waals surface area contributed by atoms with E-state index in [0.29, 0.717) is 5.75 Å². The average Bonchev–Trinajstić information content (AvgIpc) is 2.71. The molecule has 3 nitrogen and oxygen atoms in total. The number of para-hydroxylation sites is 1. The maximum absolute atomic E-state index is 11.3. The van der Waals surface area contributed by atoms with Gasteiger partial charge >= 0.3 is 5.97 Å². The normalized spacial score (nSPS) is 10.0. The molecule has 0 fully saturated rings. The van der Waals surface area contributed by atoms with Gasteiger partial charge in [-0.1, -0.05) is 49.6 Å². The highest BCUT2D eigenvalue weighted by atomic mass is 16.5. The molecule has 0 amide bonds. The smallest absolute Gasteiger partial charge is 0.335 e. The third-order valence-electron chi connectivity index (χ3n) is 3.88. The molecule has 0 N–H and O–H groups in total. The fourth-order valence-electron chi connectivity index (χ4n) is 2.60. The van der Waals surface area contributed by atoms with Crippen molar-refractivity contribution in [1.82, 2.24) is 0 Å². The second-order valence-electron chi connectivity index (χ2n) is 5.59. The van der Waals surface area contributed by atoms with Crippen molar-refractivity contribution in [3.8, 4) is 5.75 Å². The van der Waals surface area contributed by atoms with Crippen molar-refractivity contribution < 1.29 is 9.53 Å². The molecular formula is C23H19NO2. The Kier molecular flexibility index (Phi) is 5.30. The van der Waals surface area contributed by atoms with Crippen LogP contribution in [0.2, 0.25) is 0 Å². The third kappa shape index (κ3) is 3.90. The van der Waals surface area contributed by atoms with Crippen LogP contribution < -0.4 is 9.64 Å². The Hall–Kier alpha value is -3.59. The number of nitrogens with zero attached hydrogens (tertiary/aromatic N) is 1. The van der Waals surface area contributed by atoms with E-state index in [2.05, 4.69) is 30.2 Å². The number of rotatable bonds is 6. The summed E-state index contributed by atoms with van der Waals surface area (Å²) in [7, 11) is 0. The van der Waals surface area contributed by atoms with Crippen LogP contribution in [0.5, 0.6) is 5.75 Å². The molecule has 0 unspecified atom stereocenters. The van der Waals surface area contributed by atoms with Gasteiger partial charge in [-0.3, -0.25) is 0 Å². The molecule has 0 radical (unpaired) electrons. The standard InChI is InChI=1S/C23H19NO2/c1-3-18-10-12-20(13-11-18)24(19-8-6-5-7-9-19)21-14-16-22(17-15-21)26-23(25)4-2/h3-17H,1-2H2. The van der Waals surface area contributed by atoms with Gasteiger partial charge < -0.3 is 9.64 Å². The molecule has 128 valence electrons. The first-order valence-corrected chi connectivity index (χ1v) is 8.23. The molecule has 26 heavy (non-hydrogen) atoms. The van der Waals surface area contributed by atoms with E-state index < -0.39 is 5.97 Å². The summed E-state index contributed by atoms with van der Waals surface area (Å²) >= 11 is 0. The van der Waals surface area contributed by atoms with E-state index in [0.717, 1.165) is 28.7 Å². The van der Waals surface area contributed by atoms with Crippen LogP contribution >= 0.6 is 0 Å². The van der Waals surface area contributed by atoms with Gasteiger partial charge in [-0.25, -0.2) is 4.79 Å². The Labute approximate surface area is 153 Å². The number of hydrogen-bond acceptors (Lipinski definition) is 3. The zero-order valence-electron chi connectivity index (χ0n) is 14.3. The molecule has 0 aliphatic rings. The monoisotopic (exact) mass is 341 g/mol. The molecule has 3 aromatic carbocycles. The van der Waals surface area contributed by atoms with Crippen LogP contribution in [0.3, 0.4) is 0 Å². The van der Waals surface area contributed by atoms with E-state index in [4.69, 9.17) is 4.74 Å². The maximum Gasteiger partial charge on any atom is 0.335 e. The van der Waals surface area contributed by atoms with Crippen LogP contribution in [0.15, 0.2) is 98.1 Å². The van der Waals surface area contributed by atoms with Gasteiger partial charge in [-0.15, -0.1) is 0 Å². The minimum absolute atomic E-state index is 0.474. The molecular weight excluding hydrogens is 322 g/mol. The molecule has 0 atom stereocenters. The van der Waals surface area contributed by atoms with Crippen LogP contribution in [0.1, 0.15) is 5.56 Å². The minimum atomic E-state index is -0.474. The summed E-state index contributed by atoms with van der Waals surface area (Å²) in [4.78, 5) is 13.5. The molecule has 3 aromatic rings. The fourth-order valence-corrected chi connectivity index (χ4v) is 2.60. The van der Waals surface area contributed by atoms with Gasteiger partial charge in [-0.2, -0.15) is 0 Å². The lowest BCUT2D eigenvalue weighted by Crippen LogP contribution is -2.10. The molecule has 0 bridgehead atoms. The zero-order valence-corrected chi connectivity index (χ0v) is 14.3. The molecule has 0 heterocycles. The lowest BCUT2D eigenvalue weighted by Gasteiger charge is -2.25. The first-order chi connectivity index (χ1) is 12.7. The predicted molar refractivity (Wildman–Crippen MR) is 107 cm³/mol. The van der Waals surface area contributed by atoms with Gasteiger partial charge in [0.05, 0.1) is 0 Å². The third-order valence-corrected chi connectivity index (χ3v) is 3.88. The summed E-state index contributed by atoms with van der Waals surface area (Å²) in [6.45, 7) is 7.21. The first kappa shape index (κ1) is 17.2. The van der Waals surface area contributed by atoms with Crippen molar-refractivity contribution in [2.75, 3.05) is 4.90 Å². The van der Waals surface area contributed by atoms with Gasteiger partial charge in [0.25, 0.3) is 0 Å². The summed E-state index contributed by atoms with van der Waals surface area (Å²) in [5.41, 5.74) is 4.08. The van der Waals surface area contributed by atoms with Gasteiger partial charge in [0.1, 0.15) is 5.75 Å². The maximum atomic E-state index is 11.3. The largest absolute Gasteiger partial charge is 0.423 e. The van der Waals surface area contributed by atoms with Crippen molar-refractivity contribution in [1.29, 1.82) is 0 Å². The summed E-state index contributed by atoms with van der Waals surface area (Å²) < 4.78 is 5.15. The topological polar surface area (TPSA) is 29.5 Å². The fraction of sp³-hybridized carbons (Fsp3) is 0. The first-order valence-electron chi connectivity index (χ1n) is 8.23. The Morgan fingerprint density at radius 3 is 1.85 bits per heavy atom. The van der Waals surface area contributed by atoms with Crippen LogP contribution in [-0.2, 0) is 4.79 Å². The van der Waals surface area contributed by atoms with Crippen molar-refractivity contribution in [3.05, 3.63) is 104 Å². The number of benzene rings is 3. The minimum Gasteiger partial charge on any atom is -0.423 e. The van der Waals surface area contributed by atoms with Crippen LogP contribution in [0.25, 0.3) is 6.08 Å². The van der Waals surface area contributed by atoms with Crippen molar-refractivity contribution in [2.45, 2.75) is 0 Å². The Bertz CT molecular complexity index is 897. The van der Waals surface area contributed by atoms with Crippen LogP contribution in [0.4, 0.5) is 17.1 Å². The lowest BCUT2D eigenvalue weighted by molar-refractivity contribution is -0.128. The van der Waals surface area contributed by atoms with Crippen LogP contribution in [-0.4, -0.2) is 5.97 Å². The van der Waals surface area contributed by atoms with Gasteiger partial charge in [0, 0.05) is 23.1 Å². The highest BCUT2D eigenvalue weighted by Gasteiger charge is 2.12. The van der Waals surface area contributed by atoms with Gasteiger partial charge in [0.15, 0.2) is 0 Å². The van der Waals surface area contributed by atoms with E-state index in [9.17, 15) is 4.79 Å². The predicted octanol–water partition coefficient (Wildman–Crippen LogP) is 5.89. The molecule has 0 aromatic heterocycles. The van der Waals surface area contributed by atoms with Crippen molar-refractivity contribution in [2.24, 2.45) is 0 Å². The second-order valence-corrected chi connectivity index (χ2v) is 5.59. The Morgan fingerprint density at radius 2 is 1.31 bits per heavy atom. The molecule has 0 spiro atoms. The molecule has 0 aliphatic heterocycles. The second kappa shape index (κ2) is 7.99. The number of carbonyl (C=O) groups excluding carboxylic acids is 1. The lowest BCUT2D eigenvalue weighted by atomic mass is 10.1. The van der Waals surface area contributed by atoms with E-state index >= 15 is 0 Å². The average molecular weight is 341 g/mol. The highest BCUT2D eigenvalue weighted by Crippen LogP contribution is 2.35. The molecule has 0 saturated carbocycles. The van der Waals surface area contributed by atoms with E-state index in [1.165, 1.54) is 0 Å². The van der Waals surface area contributed by atoms with E-state index in [1.807, 2.05) is 60.7 Å². The zero-order chi connectivity index (χ0) is 18.4. The summed E-state index contributed by atoms with van der Waals surface area (Å²) in [6.07, 6.45) is 2.96. The molecule has 0 aliphatic carbocycles. The molecule has 3 heteroatoms. The summed E-state index contributed by atoms with van der Waals surface area (Å²) in [6, 6.07) is 25.6. The Morgan fingerprint density at radius 1 is 0.769 bits per heavy atom. The van der Waals surface area contributed by atoms with Gasteiger partial charge in [-0.05, 0) is 54.1 Å². The van der Waals surface area contributed by atoms with Gasteiger partial charge in [0.2, 0.25) is 0 Å². The van der Waals surface area contributed by atoms with Crippen LogP contribution in [0, 0.1) is 0 Å². The number of esters is 1. The van der Waals surface area contributed by atoms with Crippen molar-refractivity contribution >= 4 is 29.1 Å². The summed E-state index contributed by atoms with van der Waals surface area (Å²) in [5, 5.41) is 0. The SMILES string of the molecule is C=CC(=O)Oc1ccc(N(c2ccccc2)c2ccc(C=C)cc2)cc1. The number of hydrogen-bond donors (Lipinski definition) is 0. The quantitative estimate of drug-likeness (QED) is 0.318. The van der Waals surface area contributed by atoms with Crippen molar-refractivity contribution in [3.63, 3.8) is 0 Å². The summed E-state index contributed by atoms with van der Waals surface area (Å²) in [5.74, 6) is 0.00588.